The third-order valence-corrected chi connectivity index (χ3v) is 2.52. The van der Waals surface area contributed by atoms with E-state index in [0.717, 1.165) is 17.7 Å². The van der Waals surface area contributed by atoms with Crippen LogP contribution in [-0.4, -0.2) is 17.6 Å². The number of benzene rings is 1. The molecule has 4 nitrogen and oxygen atoms in total. The molecule has 0 saturated heterocycles. The van der Waals surface area contributed by atoms with Gasteiger partial charge in [0.1, 0.15) is 6.07 Å². The van der Waals surface area contributed by atoms with E-state index in [1.165, 1.54) is 0 Å². The molecule has 4 heteroatoms. The van der Waals surface area contributed by atoms with E-state index in [-0.39, 0.29) is 6.42 Å². The Morgan fingerprint density at radius 1 is 1.47 bits per heavy atom. The van der Waals surface area contributed by atoms with Gasteiger partial charge in [-0.3, -0.25) is 4.79 Å². The lowest BCUT2D eigenvalue weighted by atomic mass is 10.1. The molecule has 0 aliphatic carbocycles. The lowest BCUT2D eigenvalue weighted by Crippen LogP contribution is -2.05. The van der Waals surface area contributed by atoms with Crippen LogP contribution in [0.25, 0.3) is 0 Å². The third kappa shape index (κ3) is 4.15. The van der Waals surface area contributed by atoms with Crippen LogP contribution >= 0.6 is 0 Å². The highest BCUT2D eigenvalue weighted by atomic mass is 16.4. The summed E-state index contributed by atoms with van der Waals surface area (Å²) in [7, 11) is 0. The van der Waals surface area contributed by atoms with Crippen molar-refractivity contribution in [2.24, 2.45) is 0 Å². The van der Waals surface area contributed by atoms with Crippen molar-refractivity contribution in [3.63, 3.8) is 0 Å². The highest BCUT2D eigenvalue weighted by Gasteiger charge is 2.03. The number of unbranched alkanes of at least 4 members (excludes halogenated alkanes) is 1. The Labute approximate surface area is 101 Å². The lowest BCUT2D eigenvalue weighted by Gasteiger charge is -2.09. The molecule has 0 aliphatic rings. The number of nitriles is 1. The zero-order chi connectivity index (χ0) is 12.7. The Balaban J connectivity index is 2.45. The maximum atomic E-state index is 10.3. The van der Waals surface area contributed by atoms with E-state index in [2.05, 4.69) is 11.4 Å². The van der Waals surface area contributed by atoms with Gasteiger partial charge in [-0.1, -0.05) is 12.1 Å². The molecule has 0 spiro atoms. The first-order valence-corrected chi connectivity index (χ1v) is 5.60. The summed E-state index contributed by atoms with van der Waals surface area (Å²) in [6.07, 6.45) is 1.63. The van der Waals surface area contributed by atoms with Gasteiger partial charge in [0.05, 0.1) is 11.3 Å². The van der Waals surface area contributed by atoms with Crippen LogP contribution < -0.4 is 5.32 Å². The molecule has 2 N–H and O–H groups in total. The molecule has 0 fully saturated rings. The number of carbonyl (C=O) groups is 1. The number of hydrogen-bond acceptors (Lipinski definition) is 3. The van der Waals surface area contributed by atoms with Crippen molar-refractivity contribution in [3.8, 4) is 6.07 Å². The fourth-order valence-corrected chi connectivity index (χ4v) is 1.59. The summed E-state index contributed by atoms with van der Waals surface area (Å²) in [5, 5.41) is 20.7. The number of nitrogens with one attached hydrogen (secondary N) is 1. The first kappa shape index (κ1) is 13.0. The van der Waals surface area contributed by atoms with E-state index in [4.69, 9.17) is 10.4 Å². The molecule has 0 amide bonds. The van der Waals surface area contributed by atoms with Gasteiger partial charge in [0.25, 0.3) is 0 Å². The minimum Gasteiger partial charge on any atom is -0.481 e. The molecule has 0 saturated carbocycles. The Hall–Kier alpha value is -2.02. The minimum absolute atomic E-state index is 0.195. The fraction of sp³-hybridized carbons (Fsp3) is 0.385. The van der Waals surface area contributed by atoms with Gasteiger partial charge >= 0.3 is 5.97 Å². The average Bonchev–Trinajstić information content (AvgIpc) is 2.28. The number of carboxylic acid groups (broad SMARTS) is 1. The second-order valence-electron chi connectivity index (χ2n) is 3.89. The summed E-state index contributed by atoms with van der Waals surface area (Å²) in [6, 6.07) is 7.83. The summed E-state index contributed by atoms with van der Waals surface area (Å²) >= 11 is 0. The molecule has 1 aromatic carbocycles. The first-order valence-electron chi connectivity index (χ1n) is 5.60. The van der Waals surface area contributed by atoms with Crippen LogP contribution in [0.1, 0.15) is 30.4 Å². The normalized spacial score (nSPS) is 9.65. The van der Waals surface area contributed by atoms with Crippen molar-refractivity contribution >= 4 is 11.7 Å². The van der Waals surface area contributed by atoms with E-state index in [9.17, 15) is 4.79 Å². The summed E-state index contributed by atoms with van der Waals surface area (Å²) in [6.45, 7) is 2.58. The summed E-state index contributed by atoms with van der Waals surface area (Å²) < 4.78 is 0. The lowest BCUT2D eigenvalue weighted by molar-refractivity contribution is -0.137. The molecule has 0 heterocycles. The molecule has 0 bridgehead atoms. The Morgan fingerprint density at radius 3 is 2.88 bits per heavy atom. The van der Waals surface area contributed by atoms with Gasteiger partial charge in [-0.2, -0.15) is 5.26 Å². The van der Waals surface area contributed by atoms with E-state index in [1.54, 1.807) is 0 Å². The Bertz CT molecular complexity index is 436. The van der Waals surface area contributed by atoms with Crippen LogP contribution in [-0.2, 0) is 4.79 Å². The number of aliphatic carboxylic acids is 1. The average molecular weight is 232 g/mol. The second-order valence-corrected chi connectivity index (χ2v) is 3.89. The molecule has 0 radical (unpaired) electrons. The number of carboxylic acids is 1. The van der Waals surface area contributed by atoms with Gasteiger partial charge in [-0.15, -0.1) is 0 Å². The van der Waals surface area contributed by atoms with Crippen LogP contribution in [0.4, 0.5) is 5.69 Å². The maximum Gasteiger partial charge on any atom is 0.303 e. The molecule has 0 aromatic heterocycles. The van der Waals surface area contributed by atoms with Crippen LogP contribution in [0, 0.1) is 18.3 Å². The van der Waals surface area contributed by atoms with E-state index >= 15 is 0 Å². The number of anilines is 1. The monoisotopic (exact) mass is 232 g/mol. The molecule has 0 aliphatic heterocycles. The van der Waals surface area contributed by atoms with E-state index in [1.807, 2.05) is 25.1 Å². The molecule has 0 unspecified atom stereocenters. The predicted octanol–water partition coefficient (Wildman–Crippen LogP) is 2.53. The molecule has 17 heavy (non-hydrogen) atoms. The number of hydrogen-bond donors (Lipinski definition) is 2. The Morgan fingerprint density at radius 2 is 2.24 bits per heavy atom. The smallest absolute Gasteiger partial charge is 0.303 e. The van der Waals surface area contributed by atoms with Crippen LogP contribution in [0.15, 0.2) is 18.2 Å². The molecule has 1 aromatic rings. The SMILES string of the molecule is Cc1cccc(NCCCCC(=O)O)c1C#N. The zero-order valence-corrected chi connectivity index (χ0v) is 9.86. The number of rotatable bonds is 6. The first-order chi connectivity index (χ1) is 8.15. The minimum atomic E-state index is -0.765. The van der Waals surface area contributed by atoms with Gasteiger partial charge in [-0.05, 0) is 31.4 Å². The van der Waals surface area contributed by atoms with Gasteiger partial charge in [-0.25, -0.2) is 0 Å². The third-order valence-electron chi connectivity index (χ3n) is 2.52. The summed E-state index contributed by atoms with van der Waals surface area (Å²) in [5.74, 6) is -0.765. The van der Waals surface area contributed by atoms with Gasteiger partial charge in [0.2, 0.25) is 0 Å². The van der Waals surface area contributed by atoms with Crippen molar-refractivity contribution in [3.05, 3.63) is 29.3 Å². The highest BCUT2D eigenvalue weighted by molar-refractivity contribution is 5.66. The van der Waals surface area contributed by atoms with E-state index in [0.29, 0.717) is 18.5 Å². The van der Waals surface area contributed by atoms with Crippen molar-refractivity contribution in [2.75, 3.05) is 11.9 Å². The van der Waals surface area contributed by atoms with Gasteiger partial charge in [0.15, 0.2) is 0 Å². The summed E-state index contributed by atoms with van der Waals surface area (Å²) in [5.41, 5.74) is 2.43. The van der Waals surface area contributed by atoms with Gasteiger partial charge < -0.3 is 10.4 Å². The summed E-state index contributed by atoms with van der Waals surface area (Å²) in [4.78, 5) is 10.3. The zero-order valence-electron chi connectivity index (χ0n) is 9.86. The molecule has 1 rings (SSSR count). The number of nitrogens with zero attached hydrogens (tertiary/aromatic N) is 1. The predicted molar refractivity (Wildman–Crippen MR) is 65.9 cm³/mol. The van der Waals surface area contributed by atoms with Crippen molar-refractivity contribution in [2.45, 2.75) is 26.2 Å². The number of aryl methyl sites for hydroxylation is 1. The fourth-order valence-electron chi connectivity index (χ4n) is 1.59. The van der Waals surface area contributed by atoms with Crippen LogP contribution in [0.3, 0.4) is 0 Å². The molecular weight excluding hydrogens is 216 g/mol. The standard InChI is InChI=1S/C13H16N2O2/c1-10-5-4-6-12(11(10)9-14)15-8-3-2-7-13(16)17/h4-6,15H,2-3,7-8H2,1H3,(H,16,17). The largest absolute Gasteiger partial charge is 0.481 e. The molecular formula is C13H16N2O2. The van der Waals surface area contributed by atoms with Crippen molar-refractivity contribution < 1.29 is 9.90 Å². The van der Waals surface area contributed by atoms with E-state index < -0.39 is 5.97 Å². The highest BCUT2D eigenvalue weighted by Crippen LogP contribution is 2.18. The van der Waals surface area contributed by atoms with Crippen molar-refractivity contribution in [1.29, 1.82) is 5.26 Å². The van der Waals surface area contributed by atoms with Crippen LogP contribution in [0.2, 0.25) is 0 Å². The molecule has 0 atom stereocenters. The second kappa shape index (κ2) is 6.54. The van der Waals surface area contributed by atoms with Gasteiger partial charge in [0, 0.05) is 13.0 Å². The maximum absolute atomic E-state index is 10.3. The van der Waals surface area contributed by atoms with Crippen LogP contribution in [0.5, 0.6) is 0 Å². The quantitative estimate of drug-likeness (QED) is 0.739. The van der Waals surface area contributed by atoms with Crippen molar-refractivity contribution in [1.82, 2.24) is 0 Å². The Kier molecular flexibility index (Phi) is 5.02. The molecule has 90 valence electrons. The topological polar surface area (TPSA) is 73.1 Å².